The first-order valence-electron chi connectivity index (χ1n) is 13.5. The van der Waals surface area contributed by atoms with Crippen molar-refractivity contribution in [1.29, 1.82) is 0 Å². The normalized spacial score (nSPS) is 22.1. The molecule has 2 saturated heterocycles. The van der Waals surface area contributed by atoms with Crippen molar-refractivity contribution >= 4 is 23.3 Å². The summed E-state index contributed by atoms with van der Waals surface area (Å²) in [5.41, 5.74) is 4.93. The van der Waals surface area contributed by atoms with Gasteiger partial charge in [-0.3, -0.25) is 9.69 Å². The molecular formula is C31H34N4O4. The van der Waals surface area contributed by atoms with Crippen LogP contribution in [0.15, 0.2) is 60.7 Å². The van der Waals surface area contributed by atoms with Crippen LogP contribution in [0, 0.1) is 13.8 Å². The first-order chi connectivity index (χ1) is 18.8. The second kappa shape index (κ2) is 9.52. The van der Waals surface area contributed by atoms with Crippen LogP contribution >= 0.6 is 0 Å². The van der Waals surface area contributed by atoms with E-state index in [-0.39, 0.29) is 18.0 Å². The molecular weight excluding hydrogens is 492 g/mol. The average Bonchev–Trinajstić information content (AvgIpc) is 2.93. The van der Waals surface area contributed by atoms with E-state index in [4.69, 9.17) is 9.47 Å². The highest BCUT2D eigenvalue weighted by molar-refractivity contribution is 5.99. The molecule has 0 spiro atoms. The topological polar surface area (TPSA) is 74.3 Å². The fourth-order valence-electron chi connectivity index (χ4n) is 6.10. The van der Waals surface area contributed by atoms with Crippen LogP contribution in [0.1, 0.15) is 46.4 Å². The molecule has 8 heteroatoms. The number of nitrogens with one attached hydrogen (secondary N) is 1. The maximum absolute atomic E-state index is 13.6. The van der Waals surface area contributed by atoms with E-state index in [1.807, 2.05) is 48.2 Å². The molecule has 202 valence electrons. The fraction of sp³-hybridized carbons (Fsp3) is 0.355. The van der Waals surface area contributed by atoms with Gasteiger partial charge in [-0.25, -0.2) is 4.79 Å². The Kier molecular flexibility index (Phi) is 6.13. The molecule has 2 bridgehead atoms. The Morgan fingerprint density at radius 1 is 1.03 bits per heavy atom. The fourth-order valence-corrected chi connectivity index (χ4v) is 6.10. The van der Waals surface area contributed by atoms with Crippen molar-refractivity contribution < 1.29 is 19.1 Å². The molecule has 0 radical (unpaired) electrons. The van der Waals surface area contributed by atoms with Crippen LogP contribution in [-0.2, 0) is 0 Å². The van der Waals surface area contributed by atoms with Crippen molar-refractivity contribution in [2.75, 3.05) is 43.1 Å². The Morgan fingerprint density at radius 3 is 2.54 bits per heavy atom. The van der Waals surface area contributed by atoms with Crippen molar-refractivity contribution in [3.05, 3.63) is 82.9 Å². The van der Waals surface area contributed by atoms with E-state index < -0.39 is 5.72 Å². The van der Waals surface area contributed by atoms with E-state index in [1.165, 1.54) is 16.8 Å². The third-order valence-corrected chi connectivity index (χ3v) is 8.32. The van der Waals surface area contributed by atoms with Crippen molar-refractivity contribution in [3.8, 4) is 11.5 Å². The van der Waals surface area contributed by atoms with E-state index in [0.29, 0.717) is 42.3 Å². The van der Waals surface area contributed by atoms with E-state index in [1.54, 1.807) is 18.1 Å². The number of anilines is 2. The number of nitrogens with zero attached hydrogens (tertiary/aromatic N) is 3. The summed E-state index contributed by atoms with van der Waals surface area (Å²) in [5, 5.41) is 3.12. The third-order valence-electron chi connectivity index (χ3n) is 8.32. The number of hydrogen-bond donors (Lipinski definition) is 1. The number of hydrogen-bond acceptors (Lipinski definition) is 5. The Bertz CT molecular complexity index is 1450. The molecule has 3 aliphatic rings. The molecule has 6 rings (SSSR count). The summed E-state index contributed by atoms with van der Waals surface area (Å²) in [6, 6.07) is 18.9. The molecule has 3 aromatic carbocycles. The van der Waals surface area contributed by atoms with Gasteiger partial charge in [0.1, 0.15) is 0 Å². The van der Waals surface area contributed by atoms with Gasteiger partial charge >= 0.3 is 6.03 Å². The van der Waals surface area contributed by atoms with Gasteiger partial charge in [0.15, 0.2) is 17.2 Å². The molecule has 0 saturated carbocycles. The molecule has 39 heavy (non-hydrogen) atoms. The molecule has 8 nitrogen and oxygen atoms in total. The van der Waals surface area contributed by atoms with Crippen LogP contribution in [0.3, 0.4) is 0 Å². The molecule has 3 aliphatic heterocycles. The monoisotopic (exact) mass is 526 g/mol. The number of aryl methyl sites for hydroxylation is 1. The second-order valence-corrected chi connectivity index (χ2v) is 10.7. The van der Waals surface area contributed by atoms with Gasteiger partial charge in [-0.15, -0.1) is 0 Å². The summed E-state index contributed by atoms with van der Waals surface area (Å²) in [6.07, 6.45) is 0.567. The van der Waals surface area contributed by atoms with Gasteiger partial charge in [-0.05, 0) is 62.2 Å². The molecule has 3 heterocycles. The van der Waals surface area contributed by atoms with Gasteiger partial charge in [0, 0.05) is 49.4 Å². The van der Waals surface area contributed by atoms with E-state index in [2.05, 4.69) is 42.3 Å². The van der Waals surface area contributed by atoms with Gasteiger partial charge in [0.05, 0.1) is 18.8 Å². The summed E-state index contributed by atoms with van der Waals surface area (Å²) >= 11 is 0. The maximum atomic E-state index is 13.6. The van der Waals surface area contributed by atoms with Crippen LogP contribution in [0.5, 0.6) is 11.5 Å². The zero-order valence-electron chi connectivity index (χ0n) is 22.9. The minimum atomic E-state index is -0.937. The van der Waals surface area contributed by atoms with Crippen molar-refractivity contribution in [2.24, 2.45) is 0 Å². The van der Waals surface area contributed by atoms with E-state index in [9.17, 15) is 9.59 Å². The number of methoxy groups -OCH3 is 1. The largest absolute Gasteiger partial charge is 0.493 e. The predicted molar refractivity (Wildman–Crippen MR) is 151 cm³/mol. The Labute approximate surface area is 229 Å². The lowest BCUT2D eigenvalue weighted by Crippen LogP contribution is -2.65. The highest BCUT2D eigenvalue weighted by atomic mass is 16.5. The van der Waals surface area contributed by atoms with Gasteiger partial charge in [-0.2, -0.15) is 0 Å². The molecule has 2 atom stereocenters. The van der Waals surface area contributed by atoms with Gasteiger partial charge < -0.3 is 24.6 Å². The van der Waals surface area contributed by atoms with Crippen molar-refractivity contribution in [3.63, 3.8) is 0 Å². The lowest BCUT2D eigenvalue weighted by Gasteiger charge is -2.50. The second-order valence-electron chi connectivity index (χ2n) is 10.7. The number of amides is 3. The molecule has 3 aromatic rings. The summed E-state index contributed by atoms with van der Waals surface area (Å²) < 4.78 is 12.0. The number of rotatable bonds is 4. The highest BCUT2D eigenvalue weighted by Crippen LogP contribution is 2.49. The number of piperazine rings is 1. The zero-order valence-corrected chi connectivity index (χ0v) is 22.9. The Hall–Kier alpha value is -4.20. The number of ether oxygens (including phenoxy) is 2. The maximum Gasteiger partial charge on any atom is 0.325 e. The first-order valence-corrected chi connectivity index (χ1v) is 13.5. The molecule has 1 N–H and O–H groups in total. The molecule has 0 aromatic heterocycles. The van der Waals surface area contributed by atoms with Crippen molar-refractivity contribution in [1.82, 2.24) is 10.2 Å². The van der Waals surface area contributed by atoms with Crippen LogP contribution in [0.2, 0.25) is 0 Å². The van der Waals surface area contributed by atoms with Crippen LogP contribution in [-0.4, -0.2) is 55.9 Å². The summed E-state index contributed by atoms with van der Waals surface area (Å²) in [5.74, 6) is 1.23. The van der Waals surface area contributed by atoms with Crippen molar-refractivity contribution in [2.45, 2.75) is 39.0 Å². The van der Waals surface area contributed by atoms with Gasteiger partial charge in [0.2, 0.25) is 0 Å². The van der Waals surface area contributed by atoms with Crippen LogP contribution in [0.4, 0.5) is 16.2 Å². The molecule has 2 fully saturated rings. The number of fused-ring (bicyclic) bond motifs is 4. The smallest absolute Gasteiger partial charge is 0.325 e. The molecule has 3 amide bonds. The quantitative estimate of drug-likeness (QED) is 0.515. The molecule has 0 aliphatic carbocycles. The summed E-state index contributed by atoms with van der Waals surface area (Å²) in [4.78, 5) is 32.8. The number of benzene rings is 3. The summed E-state index contributed by atoms with van der Waals surface area (Å²) in [6.45, 7) is 9.02. The number of urea groups is 1. The van der Waals surface area contributed by atoms with Crippen LogP contribution in [0.25, 0.3) is 0 Å². The number of carbonyl (C=O) groups is 2. The zero-order chi connectivity index (χ0) is 27.3. The van der Waals surface area contributed by atoms with Gasteiger partial charge in [-0.1, -0.05) is 30.3 Å². The molecule has 0 unspecified atom stereocenters. The summed E-state index contributed by atoms with van der Waals surface area (Å²) in [7, 11) is 1.61. The Balaban J connectivity index is 1.22. The highest BCUT2D eigenvalue weighted by Gasteiger charge is 2.50. The van der Waals surface area contributed by atoms with Crippen LogP contribution < -0.4 is 24.6 Å². The SMILES string of the molecule is COc1cccc2c1O[C@@]1(C)C[C@H]2NC(=O)N1c1cccc(C(=O)N2CCN(c3cccc(C)c3C)CC2)c1. The third kappa shape index (κ3) is 4.24. The lowest BCUT2D eigenvalue weighted by atomic mass is 9.89. The number of para-hydroxylation sites is 1. The standard InChI is InChI=1S/C31H34N4O4/c1-20-8-5-12-26(21(20)2)33-14-16-34(17-15-33)29(36)22-9-6-10-23(18-22)35-30(37)32-25-19-31(35,3)39-28-24(25)11-7-13-27(28)38-4/h5-13,18,25H,14-17,19H2,1-4H3,(H,32,37)/t25-,31+/m1/s1. The van der Waals surface area contributed by atoms with E-state index in [0.717, 1.165) is 18.7 Å². The first kappa shape index (κ1) is 25.1. The van der Waals surface area contributed by atoms with E-state index >= 15 is 0 Å². The minimum Gasteiger partial charge on any atom is -0.493 e. The lowest BCUT2D eigenvalue weighted by molar-refractivity contribution is 0.0349. The van der Waals surface area contributed by atoms with Gasteiger partial charge in [0.25, 0.3) is 5.91 Å². The average molecular weight is 527 g/mol. The Morgan fingerprint density at radius 2 is 1.77 bits per heavy atom. The number of carbonyl (C=O) groups excluding carboxylic acids is 2. The minimum absolute atomic E-state index is 0.0329. The predicted octanol–water partition coefficient (Wildman–Crippen LogP) is 5.04.